The zero-order chi connectivity index (χ0) is 13.4. The Bertz CT molecular complexity index is 619. The lowest BCUT2D eigenvalue weighted by Crippen LogP contribution is -2.09. The maximum absolute atomic E-state index is 12.7. The van der Waals surface area contributed by atoms with Gasteiger partial charge in [-0.15, -0.1) is 0 Å². The summed E-state index contributed by atoms with van der Waals surface area (Å²) in [4.78, 5) is 3.76. The quantitative estimate of drug-likeness (QED) is 0.490. The van der Waals surface area contributed by atoms with Crippen molar-refractivity contribution in [2.24, 2.45) is 5.84 Å². The Morgan fingerprint density at radius 3 is 2.39 bits per heavy atom. The van der Waals surface area contributed by atoms with Crippen LogP contribution in [0.15, 0.2) is 12.1 Å². The largest absolute Gasteiger partial charge is 0.323 e. The van der Waals surface area contributed by atoms with Crippen LogP contribution in [-0.4, -0.2) is 4.98 Å². The highest BCUT2D eigenvalue weighted by atomic mass is 35.5. The summed E-state index contributed by atoms with van der Waals surface area (Å²) >= 11 is 17.8. The van der Waals surface area contributed by atoms with E-state index in [0.29, 0.717) is 5.39 Å². The van der Waals surface area contributed by atoms with E-state index in [1.807, 2.05) is 0 Å². The first-order valence-corrected chi connectivity index (χ1v) is 5.82. The molecule has 3 nitrogen and oxygen atoms in total. The number of fused-ring (bicyclic) bond motifs is 1. The van der Waals surface area contributed by atoms with Crippen molar-refractivity contribution in [1.82, 2.24) is 4.98 Å². The highest BCUT2D eigenvalue weighted by Crippen LogP contribution is 2.40. The van der Waals surface area contributed by atoms with Crippen LogP contribution < -0.4 is 11.3 Å². The number of nitrogens with one attached hydrogen (secondary N) is 1. The first-order valence-electron chi connectivity index (χ1n) is 4.68. The van der Waals surface area contributed by atoms with E-state index >= 15 is 0 Å². The van der Waals surface area contributed by atoms with Crippen LogP contribution in [0.25, 0.3) is 10.9 Å². The van der Waals surface area contributed by atoms with Crippen LogP contribution in [-0.2, 0) is 0 Å². The Balaban J connectivity index is 2.91. The standard InChI is InChI=1S/C10H6Cl3F2N3/c11-3-1-4(12)9-7(8(3)13)5(18-16)2-6(17-9)10(14)15/h1-2,10H,16H2,(H,17,18). The van der Waals surface area contributed by atoms with Gasteiger partial charge in [0.2, 0.25) is 0 Å². The Labute approximate surface area is 116 Å². The molecule has 1 aromatic carbocycles. The Hall–Kier alpha value is -0.880. The molecule has 0 saturated carbocycles. The zero-order valence-electron chi connectivity index (χ0n) is 8.65. The highest BCUT2D eigenvalue weighted by molar-refractivity contribution is 6.48. The van der Waals surface area contributed by atoms with E-state index < -0.39 is 12.1 Å². The topological polar surface area (TPSA) is 50.9 Å². The lowest BCUT2D eigenvalue weighted by molar-refractivity contribution is 0.146. The van der Waals surface area contributed by atoms with Gasteiger partial charge in [-0.05, 0) is 12.1 Å². The molecular weight excluding hydrogens is 306 g/mol. The molecule has 0 amide bonds. The van der Waals surface area contributed by atoms with E-state index in [1.165, 1.54) is 6.07 Å². The van der Waals surface area contributed by atoms with E-state index in [4.69, 9.17) is 40.6 Å². The summed E-state index contributed by atoms with van der Waals surface area (Å²) in [5, 5.41) is 0.772. The molecule has 18 heavy (non-hydrogen) atoms. The van der Waals surface area contributed by atoms with Crippen molar-refractivity contribution in [2.45, 2.75) is 6.43 Å². The lowest BCUT2D eigenvalue weighted by atomic mass is 10.1. The second-order valence-corrected chi connectivity index (χ2v) is 4.61. The molecule has 0 saturated heterocycles. The third-order valence-electron chi connectivity index (χ3n) is 2.33. The number of halogens is 5. The van der Waals surface area contributed by atoms with Gasteiger partial charge in [0.15, 0.2) is 0 Å². The average molecular weight is 313 g/mol. The van der Waals surface area contributed by atoms with E-state index in [-0.39, 0.29) is 26.3 Å². The van der Waals surface area contributed by atoms with E-state index in [2.05, 4.69) is 10.4 Å². The SMILES string of the molecule is NNc1cc(C(F)F)nc2c(Cl)cc(Cl)c(Cl)c12. The number of hydrogen-bond donors (Lipinski definition) is 2. The van der Waals surface area contributed by atoms with Gasteiger partial charge in [0.05, 0.1) is 26.3 Å². The van der Waals surface area contributed by atoms with Crippen LogP contribution in [0.1, 0.15) is 12.1 Å². The fourth-order valence-electron chi connectivity index (χ4n) is 1.55. The Morgan fingerprint density at radius 1 is 1.17 bits per heavy atom. The molecule has 3 N–H and O–H groups in total. The number of hydrogen-bond acceptors (Lipinski definition) is 3. The molecule has 1 heterocycles. The minimum absolute atomic E-state index is 0.122. The Kier molecular flexibility index (Phi) is 3.77. The number of nitrogens with two attached hydrogens (primary N) is 1. The molecule has 0 spiro atoms. The van der Waals surface area contributed by atoms with Gasteiger partial charge >= 0.3 is 0 Å². The molecular formula is C10H6Cl3F2N3. The molecule has 1 aromatic heterocycles. The predicted molar refractivity (Wildman–Crippen MR) is 69.5 cm³/mol. The number of anilines is 1. The van der Waals surface area contributed by atoms with Gasteiger partial charge in [-0.3, -0.25) is 5.84 Å². The number of nitrogens with zero attached hydrogens (tertiary/aromatic N) is 1. The van der Waals surface area contributed by atoms with Gasteiger partial charge in [-0.2, -0.15) is 0 Å². The van der Waals surface area contributed by atoms with Crippen molar-refractivity contribution in [1.29, 1.82) is 0 Å². The number of nitrogen functional groups attached to an aromatic ring is 1. The van der Waals surface area contributed by atoms with Gasteiger partial charge in [0.25, 0.3) is 6.43 Å². The first kappa shape index (κ1) is 13.5. The summed E-state index contributed by atoms with van der Waals surface area (Å²) < 4.78 is 25.4. The molecule has 8 heteroatoms. The summed E-state index contributed by atoms with van der Waals surface area (Å²) in [6, 6.07) is 2.45. The third kappa shape index (κ3) is 2.19. The van der Waals surface area contributed by atoms with E-state index in [0.717, 1.165) is 6.07 Å². The lowest BCUT2D eigenvalue weighted by Gasteiger charge is -2.12. The minimum Gasteiger partial charge on any atom is -0.323 e. The molecule has 96 valence electrons. The third-order valence-corrected chi connectivity index (χ3v) is 3.40. The highest BCUT2D eigenvalue weighted by Gasteiger charge is 2.18. The minimum atomic E-state index is -2.74. The molecule has 0 fully saturated rings. The van der Waals surface area contributed by atoms with Crippen LogP contribution in [0.5, 0.6) is 0 Å². The summed E-state index contributed by atoms with van der Waals surface area (Å²) in [6.45, 7) is 0. The van der Waals surface area contributed by atoms with Gasteiger partial charge in [-0.25, -0.2) is 13.8 Å². The molecule has 0 aliphatic carbocycles. The zero-order valence-corrected chi connectivity index (χ0v) is 10.9. The fourth-order valence-corrected chi connectivity index (χ4v) is 2.30. The normalized spacial score (nSPS) is 11.3. The number of benzene rings is 1. The van der Waals surface area contributed by atoms with Crippen LogP contribution in [0.3, 0.4) is 0 Å². The Morgan fingerprint density at radius 2 is 1.83 bits per heavy atom. The van der Waals surface area contributed by atoms with Gasteiger partial charge in [-0.1, -0.05) is 34.8 Å². The molecule has 0 aliphatic heterocycles. The van der Waals surface area contributed by atoms with Crippen LogP contribution in [0, 0.1) is 0 Å². The first-order chi connectivity index (χ1) is 8.45. The van der Waals surface area contributed by atoms with E-state index in [9.17, 15) is 8.78 Å². The summed E-state index contributed by atoms with van der Waals surface area (Å²) in [7, 11) is 0. The number of aromatic nitrogens is 1. The monoisotopic (exact) mass is 311 g/mol. The number of hydrazine groups is 1. The number of pyridine rings is 1. The number of rotatable bonds is 2. The molecule has 0 radical (unpaired) electrons. The maximum Gasteiger partial charge on any atom is 0.280 e. The van der Waals surface area contributed by atoms with Gasteiger partial charge < -0.3 is 5.43 Å². The maximum atomic E-state index is 12.7. The number of alkyl halides is 2. The average Bonchev–Trinajstić information content (AvgIpc) is 2.34. The second-order valence-electron chi connectivity index (χ2n) is 3.42. The van der Waals surface area contributed by atoms with Crippen molar-refractivity contribution >= 4 is 51.4 Å². The summed E-state index contributed by atoms with van der Waals surface area (Å²) in [5.41, 5.74) is 2.14. The van der Waals surface area contributed by atoms with Crippen molar-refractivity contribution in [2.75, 3.05) is 5.43 Å². The molecule has 0 atom stereocenters. The molecule has 2 aromatic rings. The summed E-state index contributed by atoms with van der Waals surface area (Å²) in [5.74, 6) is 5.29. The van der Waals surface area contributed by atoms with Crippen LogP contribution in [0.2, 0.25) is 15.1 Å². The molecule has 0 bridgehead atoms. The van der Waals surface area contributed by atoms with E-state index in [1.54, 1.807) is 0 Å². The molecule has 2 rings (SSSR count). The summed E-state index contributed by atoms with van der Waals surface area (Å²) in [6.07, 6.45) is -2.74. The van der Waals surface area contributed by atoms with Crippen molar-refractivity contribution in [3.8, 4) is 0 Å². The second kappa shape index (κ2) is 5.01. The fraction of sp³-hybridized carbons (Fsp3) is 0.100. The molecule has 0 aliphatic rings. The van der Waals surface area contributed by atoms with Crippen molar-refractivity contribution in [3.05, 3.63) is 32.9 Å². The van der Waals surface area contributed by atoms with Crippen LogP contribution in [0.4, 0.5) is 14.5 Å². The predicted octanol–water partition coefficient (Wildman–Crippen LogP) is 4.42. The molecule has 0 unspecified atom stereocenters. The smallest absolute Gasteiger partial charge is 0.280 e. The van der Waals surface area contributed by atoms with Gasteiger partial charge in [0, 0.05) is 5.39 Å². The van der Waals surface area contributed by atoms with Crippen molar-refractivity contribution < 1.29 is 8.78 Å². The van der Waals surface area contributed by atoms with Gasteiger partial charge in [0.1, 0.15) is 5.69 Å². The van der Waals surface area contributed by atoms with Crippen molar-refractivity contribution in [3.63, 3.8) is 0 Å². The van der Waals surface area contributed by atoms with Crippen LogP contribution >= 0.6 is 34.8 Å².